The first-order valence-electron chi connectivity index (χ1n) is 10.4. The van der Waals surface area contributed by atoms with E-state index in [1.54, 1.807) is 32.4 Å². The van der Waals surface area contributed by atoms with Crippen LogP contribution in [-0.2, 0) is 6.54 Å². The molecule has 1 aromatic heterocycles. The average molecular weight is 546 g/mol. The van der Waals surface area contributed by atoms with Crippen molar-refractivity contribution in [3.63, 3.8) is 0 Å². The van der Waals surface area contributed by atoms with E-state index in [0.29, 0.717) is 47.8 Å². The Kier molecular flexibility index (Phi) is 12.3. The zero-order valence-corrected chi connectivity index (χ0v) is 21.3. The quantitative estimate of drug-likeness (QED) is 0.223. The number of hydrogen-bond donors (Lipinski definition) is 3. The van der Waals surface area contributed by atoms with Gasteiger partial charge in [-0.25, -0.2) is 4.99 Å². The van der Waals surface area contributed by atoms with Crippen LogP contribution in [0, 0.1) is 0 Å². The van der Waals surface area contributed by atoms with Crippen LogP contribution in [0.5, 0.6) is 11.5 Å². The summed E-state index contributed by atoms with van der Waals surface area (Å²) in [5, 5.41) is 21.2. The van der Waals surface area contributed by atoms with Gasteiger partial charge >= 0.3 is 0 Å². The van der Waals surface area contributed by atoms with Gasteiger partial charge in [-0.2, -0.15) is 0 Å². The number of rotatable bonds is 11. The second-order valence-electron chi connectivity index (χ2n) is 6.93. The maximum atomic E-state index is 10.7. The Balaban J connectivity index is 0.00000480. The zero-order valence-electron chi connectivity index (χ0n) is 19.0. The molecule has 31 heavy (non-hydrogen) atoms. The van der Waals surface area contributed by atoms with Crippen molar-refractivity contribution in [3.8, 4) is 11.5 Å². The SMILES string of the molecule is CCNC(=NCc1cc(C(CC)CC)no1)NCC(O)c1cc(OC)ccc1OC.I. The first kappa shape index (κ1) is 27.0. The highest BCUT2D eigenvalue weighted by Crippen LogP contribution is 2.29. The van der Waals surface area contributed by atoms with E-state index in [4.69, 9.17) is 14.0 Å². The smallest absolute Gasteiger partial charge is 0.191 e. The molecule has 0 fully saturated rings. The number of nitrogens with zero attached hydrogens (tertiary/aromatic N) is 2. The molecule has 0 aliphatic heterocycles. The third-order valence-electron chi connectivity index (χ3n) is 4.98. The van der Waals surface area contributed by atoms with Gasteiger partial charge in [-0.05, 0) is 38.0 Å². The molecule has 1 atom stereocenters. The second kappa shape index (κ2) is 14.1. The zero-order chi connectivity index (χ0) is 21.9. The number of aromatic nitrogens is 1. The van der Waals surface area contributed by atoms with Gasteiger partial charge in [0.1, 0.15) is 18.0 Å². The van der Waals surface area contributed by atoms with Crippen LogP contribution in [-0.4, -0.2) is 43.5 Å². The van der Waals surface area contributed by atoms with Gasteiger partial charge in [0.15, 0.2) is 11.7 Å². The number of nitrogens with one attached hydrogen (secondary N) is 2. The maximum Gasteiger partial charge on any atom is 0.191 e. The molecule has 0 aliphatic carbocycles. The maximum absolute atomic E-state index is 10.7. The van der Waals surface area contributed by atoms with E-state index in [0.717, 1.165) is 18.5 Å². The molecule has 0 saturated heterocycles. The first-order chi connectivity index (χ1) is 14.6. The van der Waals surface area contributed by atoms with E-state index >= 15 is 0 Å². The summed E-state index contributed by atoms with van der Waals surface area (Å²) in [5.41, 5.74) is 1.62. The summed E-state index contributed by atoms with van der Waals surface area (Å²) in [5.74, 6) is 2.96. The lowest BCUT2D eigenvalue weighted by Gasteiger charge is -2.18. The molecule has 9 heteroatoms. The summed E-state index contributed by atoms with van der Waals surface area (Å²) >= 11 is 0. The summed E-state index contributed by atoms with van der Waals surface area (Å²) in [6.45, 7) is 7.59. The molecule has 1 unspecified atom stereocenters. The molecular weight excluding hydrogens is 511 g/mol. The minimum Gasteiger partial charge on any atom is -0.497 e. The summed E-state index contributed by atoms with van der Waals surface area (Å²) in [6.07, 6.45) is 1.26. The molecule has 0 radical (unpaired) electrons. The Hall–Kier alpha value is -2.01. The Bertz CT molecular complexity index is 809. The molecule has 0 bridgehead atoms. The number of aliphatic imine (C=N–C) groups is 1. The fourth-order valence-electron chi connectivity index (χ4n) is 3.20. The fourth-order valence-corrected chi connectivity index (χ4v) is 3.20. The van der Waals surface area contributed by atoms with Crippen LogP contribution in [0.1, 0.15) is 62.7 Å². The van der Waals surface area contributed by atoms with Gasteiger partial charge in [0, 0.05) is 30.6 Å². The lowest BCUT2D eigenvalue weighted by molar-refractivity contribution is 0.176. The van der Waals surface area contributed by atoms with Crippen LogP contribution < -0.4 is 20.1 Å². The highest BCUT2D eigenvalue weighted by Gasteiger charge is 2.16. The van der Waals surface area contributed by atoms with E-state index in [1.165, 1.54) is 0 Å². The summed E-state index contributed by atoms with van der Waals surface area (Å²) in [6, 6.07) is 7.31. The Morgan fingerprint density at radius 3 is 2.48 bits per heavy atom. The van der Waals surface area contributed by atoms with Gasteiger partial charge in [-0.15, -0.1) is 24.0 Å². The lowest BCUT2D eigenvalue weighted by atomic mass is 9.99. The molecule has 174 valence electrons. The molecule has 2 rings (SSSR count). The molecule has 8 nitrogen and oxygen atoms in total. The molecular formula is C22H35IN4O4. The molecule has 0 aliphatic rings. The third kappa shape index (κ3) is 7.88. The van der Waals surface area contributed by atoms with Crippen LogP contribution in [0.3, 0.4) is 0 Å². The summed E-state index contributed by atoms with van der Waals surface area (Å²) in [4.78, 5) is 4.54. The number of aliphatic hydroxyl groups is 1. The molecule has 1 aromatic carbocycles. The Morgan fingerprint density at radius 1 is 1.13 bits per heavy atom. The van der Waals surface area contributed by atoms with Crippen molar-refractivity contribution in [3.05, 3.63) is 41.3 Å². The third-order valence-corrected chi connectivity index (χ3v) is 4.98. The van der Waals surface area contributed by atoms with Crippen LogP contribution in [0.15, 0.2) is 33.8 Å². The Labute approximate surface area is 201 Å². The van der Waals surface area contributed by atoms with Gasteiger partial charge in [-0.1, -0.05) is 19.0 Å². The van der Waals surface area contributed by atoms with Crippen molar-refractivity contribution in [2.24, 2.45) is 4.99 Å². The lowest BCUT2D eigenvalue weighted by Crippen LogP contribution is -2.39. The van der Waals surface area contributed by atoms with E-state index in [-0.39, 0.29) is 30.5 Å². The van der Waals surface area contributed by atoms with Crippen molar-refractivity contribution >= 4 is 29.9 Å². The highest BCUT2D eigenvalue weighted by molar-refractivity contribution is 14.0. The molecule has 1 heterocycles. The Morgan fingerprint density at radius 2 is 1.87 bits per heavy atom. The summed E-state index contributed by atoms with van der Waals surface area (Å²) < 4.78 is 16.0. The van der Waals surface area contributed by atoms with Crippen LogP contribution in [0.25, 0.3) is 0 Å². The number of halogens is 1. The van der Waals surface area contributed by atoms with Crippen LogP contribution >= 0.6 is 24.0 Å². The minimum absolute atomic E-state index is 0. The number of methoxy groups -OCH3 is 2. The standard InChI is InChI=1S/C22H34N4O4.HI/c1-6-15(7-2)19-12-17(30-26-19)13-24-22(23-8-3)25-14-20(27)18-11-16(28-4)9-10-21(18)29-5;/h9-12,15,20,27H,6-8,13-14H2,1-5H3,(H2,23,24,25);1H. The number of ether oxygens (including phenoxy) is 2. The predicted molar refractivity (Wildman–Crippen MR) is 133 cm³/mol. The summed E-state index contributed by atoms with van der Waals surface area (Å²) in [7, 11) is 3.16. The number of guanidine groups is 1. The molecule has 0 spiro atoms. The van der Waals surface area contributed by atoms with E-state index < -0.39 is 6.10 Å². The normalized spacial score (nSPS) is 12.3. The van der Waals surface area contributed by atoms with Gasteiger partial charge < -0.3 is 29.7 Å². The van der Waals surface area contributed by atoms with Gasteiger partial charge in [0.05, 0.1) is 26.0 Å². The van der Waals surface area contributed by atoms with Crippen molar-refractivity contribution in [1.29, 1.82) is 0 Å². The van der Waals surface area contributed by atoms with Crippen molar-refractivity contribution in [1.82, 2.24) is 15.8 Å². The first-order valence-corrected chi connectivity index (χ1v) is 10.4. The van der Waals surface area contributed by atoms with Crippen molar-refractivity contribution in [2.45, 2.75) is 52.2 Å². The molecule has 0 saturated carbocycles. The van der Waals surface area contributed by atoms with E-state index in [1.807, 2.05) is 13.0 Å². The van der Waals surface area contributed by atoms with E-state index in [2.05, 4.69) is 34.6 Å². The predicted octanol–water partition coefficient (Wildman–Crippen LogP) is 4.00. The van der Waals surface area contributed by atoms with E-state index in [9.17, 15) is 5.11 Å². The molecule has 2 aromatic rings. The monoisotopic (exact) mass is 546 g/mol. The largest absolute Gasteiger partial charge is 0.497 e. The fraction of sp³-hybridized carbons (Fsp3) is 0.545. The topological polar surface area (TPSA) is 101 Å². The number of aliphatic hydroxyl groups excluding tert-OH is 1. The van der Waals surface area contributed by atoms with Crippen molar-refractivity contribution in [2.75, 3.05) is 27.3 Å². The van der Waals surface area contributed by atoms with Gasteiger partial charge in [0.2, 0.25) is 0 Å². The van der Waals surface area contributed by atoms with Crippen LogP contribution in [0.4, 0.5) is 0 Å². The number of hydrogen-bond acceptors (Lipinski definition) is 6. The minimum atomic E-state index is -0.800. The van der Waals surface area contributed by atoms with Gasteiger partial charge in [-0.3, -0.25) is 0 Å². The highest BCUT2D eigenvalue weighted by atomic mass is 127. The second-order valence-corrected chi connectivity index (χ2v) is 6.93. The van der Waals surface area contributed by atoms with Gasteiger partial charge in [0.25, 0.3) is 0 Å². The molecule has 0 amide bonds. The van der Waals surface area contributed by atoms with Crippen LogP contribution in [0.2, 0.25) is 0 Å². The molecule has 3 N–H and O–H groups in total. The number of benzene rings is 1. The van der Waals surface area contributed by atoms with Crippen molar-refractivity contribution < 1.29 is 19.1 Å². The average Bonchev–Trinajstić information content (AvgIpc) is 3.24.